The molecule has 0 N–H and O–H groups in total. The summed E-state index contributed by atoms with van der Waals surface area (Å²) in [5, 5.41) is 0. The van der Waals surface area contributed by atoms with Gasteiger partial charge in [-0.1, -0.05) is 69.7 Å². The Hall–Kier alpha value is 0.117. The highest BCUT2D eigenvalue weighted by Crippen LogP contribution is 2.36. The summed E-state index contributed by atoms with van der Waals surface area (Å²) in [6.07, 6.45) is 1.12. The Labute approximate surface area is 183 Å². The van der Waals surface area contributed by atoms with Gasteiger partial charge in [0.2, 0.25) is 0 Å². The lowest BCUT2D eigenvalue weighted by Crippen LogP contribution is -2.48. The van der Waals surface area contributed by atoms with Crippen LogP contribution in [0.15, 0.2) is 9.66 Å². The molecule has 0 saturated heterocycles. The van der Waals surface area contributed by atoms with Crippen LogP contribution < -0.4 is 0 Å². The maximum absolute atomic E-state index is 12.2. The van der Waals surface area contributed by atoms with Crippen LogP contribution in [0.2, 0.25) is 17.6 Å². The molecule has 5 heteroatoms. The molecule has 0 radical (unpaired) electrons. The number of esters is 1. The highest BCUT2D eigenvalue weighted by molar-refractivity contribution is 14.1. The summed E-state index contributed by atoms with van der Waals surface area (Å²) < 4.78 is 14.8. The number of carbonyl (C=O) groups is 1. The Morgan fingerprint density at radius 3 is 1.96 bits per heavy atom. The smallest absolute Gasteiger partial charge is 0.311 e. The molecule has 0 aliphatic rings. The van der Waals surface area contributed by atoms with Crippen molar-refractivity contribution in [3.63, 3.8) is 0 Å². The molecule has 0 spiro atoms. The minimum absolute atomic E-state index is 0.109. The standard InChI is InChI=1S/C22H43IO3Si/c1-11-27(12-2,16(3)4)26-20(18(6)13-17(5)14-23)19(7)15-25-21(24)22(8,9)10/h14,16,18-20H,11-13,15H2,1-10H3/b17-14+/t18-,19+,20-/m0/s1. The minimum atomic E-state index is -1.83. The van der Waals surface area contributed by atoms with Gasteiger partial charge in [-0.05, 0) is 61.7 Å². The van der Waals surface area contributed by atoms with E-state index in [4.69, 9.17) is 9.16 Å². The van der Waals surface area contributed by atoms with E-state index in [1.807, 2.05) is 20.8 Å². The molecular weight excluding hydrogens is 467 g/mol. The predicted molar refractivity (Wildman–Crippen MR) is 128 cm³/mol. The van der Waals surface area contributed by atoms with Gasteiger partial charge in [0.1, 0.15) is 0 Å². The van der Waals surface area contributed by atoms with E-state index in [1.54, 1.807) is 0 Å². The number of rotatable bonds is 11. The first-order valence-corrected chi connectivity index (χ1v) is 14.1. The van der Waals surface area contributed by atoms with Crippen molar-refractivity contribution in [2.75, 3.05) is 6.61 Å². The molecule has 0 unspecified atom stereocenters. The van der Waals surface area contributed by atoms with E-state index in [0.717, 1.165) is 18.5 Å². The molecule has 0 rings (SSSR count). The first-order valence-electron chi connectivity index (χ1n) is 10.4. The Bertz CT molecular complexity index is 478. The first kappa shape index (κ1) is 27.1. The third kappa shape index (κ3) is 8.56. The van der Waals surface area contributed by atoms with Crippen molar-refractivity contribution in [2.45, 2.75) is 99.4 Å². The molecule has 0 aromatic rings. The second-order valence-electron chi connectivity index (χ2n) is 9.47. The highest BCUT2D eigenvalue weighted by atomic mass is 127. The second kappa shape index (κ2) is 12.0. The number of carbonyl (C=O) groups excluding carboxylic acids is 1. The van der Waals surface area contributed by atoms with E-state index in [-0.39, 0.29) is 18.0 Å². The Morgan fingerprint density at radius 1 is 1.07 bits per heavy atom. The monoisotopic (exact) mass is 510 g/mol. The van der Waals surface area contributed by atoms with Gasteiger partial charge in [-0.3, -0.25) is 4.79 Å². The molecule has 0 amide bonds. The molecule has 0 saturated carbocycles. The van der Waals surface area contributed by atoms with Crippen LogP contribution in [0.3, 0.4) is 0 Å². The molecule has 3 atom stereocenters. The van der Waals surface area contributed by atoms with Gasteiger partial charge in [0.15, 0.2) is 8.32 Å². The molecule has 160 valence electrons. The van der Waals surface area contributed by atoms with Gasteiger partial charge in [0.05, 0.1) is 18.1 Å². The quantitative estimate of drug-likeness (QED) is 0.166. The zero-order valence-electron chi connectivity index (χ0n) is 19.3. The van der Waals surface area contributed by atoms with Gasteiger partial charge in [-0.25, -0.2) is 0 Å². The summed E-state index contributed by atoms with van der Waals surface area (Å²) in [6.45, 7) is 21.9. The number of hydrogen-bond donors (Lipinski definition) is 0. The lowest BCUT2D eigenvalue weighted by molar-refractivity contribution is -0.155. The second-order valence-corrected chi connectivity index (χ2v) is 15.0. The van der Waals surface area contributed by atoms with Crippen LogP contribution >= 0.6 is 22.6 Å². The van der Waals surface area contributed by atoms with E-state index in [2.05, 4.69) is 75.1 Å². The van der Waals surface area contributed by atoms with Crippen molar-refractivity contribution in [3.8, 4) is 0 Å². The fourth-order valence-corrected chi connectivity index (χ4v) is 7.62. The summed E-state index contributed by atoms with van der Waals surface area (Å²) in [7, 11) is -1.83. The maximum atomic E-state index is 12.2. The highest BCUT2D eigenvalue weighted by Gasteiger charge is 2.40. The molecule has 0 aromatic heterocycles. The van der Waals surface area contributed by atoms with Crippen molar-refractivity contribution in [1.82, 2.24) is 0 Å². The number of halogens is 1. The molecule has 0 aliphatic carbocycles. The zero-order valence-corrected chi connectivity index (χ0v) is 22.5. The molecule has 0 aromatic carbocycles. The first-order chi connectivity index (χ1) is 12.3. The molecule has 0 heterocycles. The van der Waals surface area contributed by atoms with Crippen molar-refractivity contribution < 1.29 is 14.0 Å². The topological polar surface area (TPSA) is 35.5 Å². The van der Waals surface area contributed by atoms with Crippen LogP contribution in [0.4, 0.5) is 0 Å². The maximum Gasteiger partial charge on any atom is 0.311 e. The summed E-state index contributed by atoms with van der Waals surface area (Å²) in [4.78, 5) is 12.2. The molecular formula is C22H43IO3Si. The van der Waals surface area contributed by atoms with Gasteiger partial charge in [-0.2, -0.15) is 0 Å². The van der Waals surface area contributed by atoms with Crippen LogP contribution in [0, 0.1) is 17.3 Å². The van der Waals surface area contributed by atoms with E-state index < -0.39 is 13.7 Å². The fourth-order valence-electron chi connectivity index (χ4n) is 3.62. The van der Waals surface area contributed by atoms with Crippen LogP contribution in [-0.2, 0) is 14.0 Å². The fraction of sp³-hybridized carbons (Fsp3) is 0.864. The summed E-state index contributed by atoms with van der Waals surface area (Å²) in [6, 6.07) is 2.25. The average molecular weight is 511 g/mol. The van der Waals surface area contributed by atoms with E-state index in [0.29, 0.717) is 18.1 Å². The Morgan fingerprint density at radius 2 is 1.59 bits per heavy atom. The van der Waals surface area contributed by atoms with Crippen molar-refractivity contribution in [2.24, 2.45) is 17.3 Å². The van der Waals surface area contributed by atoms with E-state index in [1.165, 1.54) is 5.57 Å². The number of hydrogen-bond acceptors (Lipinski definition) is 3. The van der Waals surface area contributed by atoms with Crippen LogP contribution in [0.1, 0.15) is 75.7 Å². The van der Waals surface area contributed by atoms with Gasteiger partial charge < -0.3 is 9.16 Å². The minimum Gasteiger partial charge on any atom is -0.465 e. The third-order valence-electron chi connectivity index (χ3n) is 5.66. The molecule has 0 aliphatic heterocycles. The lowest BCUT2D eigenvalue weighted by atomic mass is 9.89. The Balaban J connectivity index is 5.48. The zero-order chi connectivity index (χ0) is 21.4. The number of ether oxygens (including phenoxy) is 1. The molecule has 0 fully saturated rings. The van der Waals surface area contributed by atoms with Crippen LogP contribution in [0.5, 0.6) is 0 Å². The van der Waals surface area contributed by atoms with Crippen molar-refractivity contribution in [1.29, 1.82) is 0 Å². The number of allylic oxidation sites excluding steroid dienone is 1. The summed E-state index contributed by atoms with van der Waals surface area (Å²) in [5.41, 5.74) is 1.49. The summed E-state index contributed by atoms with van der Waals surface area (Å²) in [5.74, 6) is 0.433. The van der Waals surface area contributed by atoms with Gasteiger partial charge in [0, 0.05) is 5.92 Å². The van der Waals surface area contributed by atoms with Gasteiger partial charge in [0.25, 0.3) is 0 Å². The Kier molecular flexibility index (Phi) is 12.0. The van der Waals surface area contributed by atoms with Crippen LogP contribution in [-0.4, -0.2) is 27.0 Å². The average Bonchev–Trinajstić information content (AvgIpc) is 2.59. The summed E-state index contributed by atoms with van der Waals surface area (Å²) >= 11 is 2.31. The molecule has 27 heavy (non-hydrogen) atoms. The predicted octanol–water partition coefficient (Wildman–Crippen LogP) is 7.36. The lowest BCUT2D eigenvalue weighted by Gasteiger charge is -2.41. The largest absolute Gasteiger partial charge is 0.465 e. The third-order valence-corrected chi connectivity index (χ3v) is 12.0. The van der Waals surface area contributed by atoms with E-state index >= 15 is 0 Å². The normalized spacial score (nSPS) is 17.0. The molecule has 3 nitrogen and oxygen atoms in total. The van der Waals surface area contributed by atoms with Crippen LogP contribution in [0.25, 0.3) is 0 Å². The SMILES string of the molecule is CC[Si](CC)(O[C@H]([C@H](C)COC(=O)C(C)(C)C)[C@@H](C)C/C(C)=C/I)C(C)C. The van der Waals surface area contributed by atoms with Crippen molar-refractivity contribution in [3.05, 3.63) is 9.66 Å². The van der Waals surface area contributed by atoms with E-state index in [9.17, 15) is 4.79 Å². The van der Waals surface area contributed by atoms with Gasteiger partial charge >= 0.3 is 5.97 Å². The van der Waals surface area contributed by atoms with Gasteiger partial charge in [-0.15, -0.1) is 0 Å². The molecule has 0 bridgehead atoms. The van der Waals surface area contributed by atoms with Crippen molar-refractivity contribution >= 4 is 36.9 Å².